The van der Waals surface area contributed by atoms with Crippen molar-refractivity contribution in [2.75, 3.05) is 0 Å². The van der Waals surface area contributed by atoms with E-state index in [0.717, 1.165) is 6.07 Å². The van der Waals surface area contributed by atoms with Crippen LogP contribution >= 0.6 is 0 Å². The summed E-state index contributed by atoms with van der Waals surface area (Å²) in [7, 11) is 0. The maximum Gasteiger partial charge on any atom is 0.575 e. The van der Waals surface area contributed by atoms with E-state index >= 15 is 0 Å². The fourth-order valence-electron chi connectivity index (χ4n) is 0.502. The van der Waals surface area contributed by atoms with Crippen molar-refractivity contribution in [2.45, 2.75) is 13.3 Å². The van der Waals surface area contributed by atoms with E-state index in [1.54, 1.807) is 0 Å². The number of ether oxygens (including phenoxy) is 1. The summed E-state index contributed by atoms with van der Waals surface area (Å²) < 4.78 is 41.9. The molecule has 0 aliphatic carbocycles. The SMILES string of the molecule is Cc1cc(OC(F)(F)F)on1. The lowest BCUT2D eigenvalue weighted by molar-refractivity contribution is -0.281. The van der Waals surface area contributed by atoms with Gasteiger partial charge in [0.15, 0.2) is 0 Å². The molecule has 1 heterocycles. The first-order valence-corrected chi connectivity index (χ1v) is 2.66. The number of hydrogen-bond acceptors (Lipinski definition) is 3. The van der Waals surface area contributed by atoms with Gasteiger partial charge in [-0.25, -0.2) is 0 Å². The molecule has 0 amide bonds. The Morgan fingerprint density at radius 1 is 1.55 bits per heavy atom. The van der Waals surface area contributed by atoms with Crippen molar-refractivity contribution in [2.24, 2.45) is 0 Å². The Hall–Kier alpha value is -1.20. The molecule has 6 heteroatoms. The summed E-state index contributed by atoms with van der Waals surface area (Å²) in [5.41, 5.74) is 0.337. The number of halogens is 3. The molecule has 1 aromatic heterocycles. The van der Waals surface area contributed by atoms with Gasteiger partial charge in [0, 0.05) is 6.07 Å². The fraction of sp³-hybridized carbons (Fsp3) is 0.400. The topological polar surface area (TPSA) is 35.3 Å². The summed E-state index contributed by atoms with van der Waals surface area (Å²) in [6.07, 6.45) is -4.72. The Bertz CT molecular complexity index is 242. The average Bonchev–Trinajstić information content (AvgIpc) is 2.10. The molecule has 0 aromatic carbocycles. The van der Waals surface area contributed by atoms with E-state index in [4.69, 9.17) is 0 Å². The van der Waals surface area contributed by atoms with Gasteiger partial charge in [-0.3, -0.25) is 0 Å². The lowest BCUT2D eigenvalue weighted by Gasteiger charge is -2.02. The molecule has 0 fully saturated rings. The van der Waals surface area contributed by atoms with E-state index in [1.807, 2.05) is 0 Å². The zero-order valence-electron chi connectivity index (χ0n) is 5.47. The predicted octanol–water partition coefficient (Wildman–Crippen LogP) is 1.88. The molecule has 0 aliphatic heterocycles. The summed E-state index contributed by atoms with van der Waals surface area (Å²) in [5, 5.41) is 3.20. The summed E-state index contributed by atoms with van der Waals surface area (Å²) in [4.78, 5) is 0. The molecule has 3 nitrogen and oxygen atoms in total. The highest BCUT2D eigenvalue weighted by molar-refractivity contribution is 5.08. The van der Waals surface area contributed by atoms with Gasteiger partial charge in [-0.2, -0.15) is 0 Å². The maximum absolute atomic E-state index is 11.4. The largest absolute Gasteiger partial charge is 0.575 e. The van der Waals surface area contributed by atoms with E-state index in [-0.39, 0.29) is 0 Å². The van der Waals surface area contributed by atoms with Crippen molar-refractivity contribution in [3.05, 3.63) is 11.8 Å². The second kappa shape index (κ2) is 2.44. The molecule has 0 saturated carbocycles. The number of rotatable bonds is 1. The number of alkyl halides is 3. The molecule has 62 valence electrons. The van der Waals surface area contributed by atoms with Gasteiger partial charge in [0.1, 0.15) is 0 Å². The molecule has 0 bridgehead atoms. The Morgan fingerprint density at radius 3 is 2.55 bits per heavy atom. The third-order valence-electron chi connectivity index (χ3n) is 0.823. The van der Waals surface area contributed by atoms with E-state index < -0.39 is 12.3 Å². The molecule has 11 heavy (non-hydrogen) atoms. The highest BCUT2D eigenvalue weighted by Gasteiger charge is 2.32. The van der Waals surface area contributed by atoms with Crippen LogP contribution in [0, 0.1) is 6.92 Å². The average molecular weight is 167 g/mol. The van der Waals surface area contributed by atoms with Gasteiger partial charge in [-0.1, -0.05) is 5.16 Å². The van der Waals surface area contributed by atoms with Gasteiger partial charge in [0.05, 0.1) is 5.69 Å². The molecule has 1 rings (SSSR count). The molecular formula is C5H4F3NO2. The zero-order valence-corrected chi connectivity index (χ0v) is 5.47. The van der Waals surface area contributed by atoms with Gasteiger partial charge in [-0.15, -0.1) is 13.2 Å². The minimum absolute atomic E-state index is 0.337. The van der Waals surface area contributed by atoms with Gasteiger partial charge >= 0.3 is 12.3 Å². The second-order valence-electron chi connectivity index (χ2n) is 1.84. The third-order valence-corrected chi connectivity index (χ3v) is 0.823. The number of nitrogens with zero attached hydrogens (tertiary/aromatic N) is 1. The summed E-state index contributed by atoms with van der Waals surface area (Å²) >= 11 is 0. The smallest absolute Gasteiger partial charge is 0.371 e. The number of hydrogen-bond donors (Lipinski definition) is 0. The van der Waals surface area contributed by atoms with Crippen LogP contribution in [0.1, 0.15) is 5.69 Å². The number of aromatic nitrogens is 1. The highest BCUT2D eigenvalue weighted by atomic mass is 19.4. The van der Waals surface area contributed by atoms with Crippen LogP contribution in [0.5, 0.6) is 5.95 Å². The van der Waals surface area contributed by atoms with Crippen molar-refractivity contribution >= 4 is 0 Å². The monoisotopic (exact) mass is 167 g/mol. The summed E-state index contributed by atoms with van der Waals surface area (Å²) in [6.45, 7) is 1.49. The Balaban J connectivity index is 2.65. The fourth-order valence-corrected chi connectivity index (χ4v) is 0.502. The number of aryl methyl sites for hydroxylation is 1. The molecule has 0 atom stereocenters. The molecular weight excluding hydrogens is 163 g/mol. The van der Waals surface area contributed by atoms with Crippen molar-refractivity contribution in [3.8, 4) is 5.95 Å². The minimum atomic E-state index is -4.72. The molecule has 0 spiro atoms. The molecule has 0 aliphatic rings. The van der Waals surface area contributed by atoms with Crippen LogP contribution in [0.3, 0.4) is 0 Å². The Morgan fingerprint density at radius 2 is 2.18 bits per heavy atom. The van der Waals surface area contributed by atoms with E-state index in [1.165, 1.54) is 6.92 Å². The summed E-state index contributed by atoms with van der Waals surface area (Å²) in [6, 6.07) is 1.05. The van der Waals surface area contributed by atoms with Gasteiger partial charge in [0.2, 0.25) is 0 Å². The predicted molar refractivity (Wildman–Crippen MR) is 27.9 cm³/mol. The van der Waals surface area contributed by atoms with E-state index in [2.05, 4.69) is 14.4 Å². The van der Waals surface area contributed by atoms with Gasteiger partial charge in [-0.05, 0) is 6.92 Å². The van der Waals surface area contributed by atoms with Crippen LogP contribution in [-0.4, -0.2) is 11.5 Å². The maximum atomic E-state index is 11.4. The van der Waals surface area contributed by atoms with Gasteiger partial charge in [0.25, 0.3) is 0 Å². The first-order valence-electron chi connectivity index (χ1n) is 2.66. The zero-order chi connectivity index (χ0) is 8.48. The van der Waals surface area contributed by atoms with E-state index in [0.29, 0.717) is 5.69 Å². The molecule has 0 saturated heterocycles. The summed E-state index contributed by atoms with van der Waals surface area (Å²) in [5.74, 6) is -0.644. The minimum Gasteiger partial charge on any atom is -0.371 e. The first-order chi connectivity index (χ1) is 4.97. The van der Waals surface area contributed by atoms with Crippen molar-refractivity contribution in [1.82, 2.24) is 5.16 Å². The van der Waals surface area contributed by atoms with Crippen LogP contribution in [0.25, 0.3) is 0 Å². The molecule has 0 N–H and O–H groups in total. The second-order valence-corrected chi connectivity index (χ2v) is 1.84. The first kappa shape index (κ1) is 7.90. The molecule has 0 unspecified atom stereocenters. The quantitative estimate of drug-likeness (QED) is 0.640. The Kier molecular flexibility index (Phi) is 1.76. The standard InChI is InChI=1S/C5H4F3NO2/c1-3-2-4(11-9-3)10-5(6,7)8/h2H,1H3. The van der Waals surface area contributed by atoms with Crippen LogP contribution in [0.2, 0.25) is 0 Å². The normalized spacial score (nSPS) is 11.6. The van der Waals surface area contributed by atoms with Crippen molar-refractivity contribution < 1.29 is 22.4 Å². The third kappa shape index (κ3) is 2.48. The van der Waals surface area contributed by atoms with Crippen LogP contribution < -0.4 is 4.74 Å². The van der Waals surface area contributed by atoms with E-state index in [9.17, 15) is 13.2 Å². The Labute approximate surface area is 59.7 Å². The van der Waals surface area contributed by atoms with Gasteiger partial charge < -0.3 is 9.26 Å². The lowest BCUT2D eigenvalue weighted by atomic mass is 10.5. The highest BCUT2D eigenvalue weighted by Crippen LogP contribution is 2.22. The van der Waals surface area contributed by atoms with Crippen molar-refractivity contribution in [3.63, 3.8) is 0 Å². The molecule has 0 radical (unpaired) electrons. The lowest BCUT2D eigenvalue weighted by Crippen LogP contribution is -2.16. The van der Waals surface area contributed by atoms with Crippen LogP contribution in [0.15, 0.2) is 10.6 Å². The molecule has 1 aromatic rings. The van der Waals surface area contributed by atoms with Crippen LogP contribution in [0.4, 0.5) is 13.2 Å². The van der Waals surface area contributed by atoms with Crippen molar-refractivity contribution in [1.29, 1.82) is 0 Å². The van der Waals surface area contributed by atoms with Crippen LogP contribution in [-0.2, 0) is 0 Å².